The van der Waals surface area contributed by atoms with Gasteiger partial charge in [-0.1, -0.05) is 61.0 Å². The standard InChI is InChI=1S/C19H23N/c1-14-8-11-18-17(12-14)10-9-15(2)19(18)20-13-16-6-4-3-5-7-16/h3-8,11-12,15,19-20H,9-10,13H2,1-2H3/t15-,19-/m1/s1. The molecule has 0 aliphatic heterocycles. The Labute approximate surface area is 122 Å². The quantitative estimate of drug-likeness (QED) is 0.867. The van der Waals surface area contributed by atoms with Crippen LogP contribution in [0, 0.1) is 12.8 Å². The summed E-state index contributed by atoms with van der Waals surface area (Å²) in [5.41, 5.74) is 5.78. The summed E-state index contributed by atoms with van der Waals surface area (Å²) in [6, 6.07) is 18.1. The Hall–Kier alpha value is -1.60. The average molecular weight is 265 g/mol. The van der Waals surface area contributed by atoms with Gasteiger partial charge >= 0.3 is 0 Å². The van der Waals surface area contributed by atoms with Crippen molar-refractivity contribution in [3.05, 3.63) is 70.8 Å². The average Bonchev–Trinajstić information content (AvgIpc) is 2.47. The molecular formula is C19H23N. The molecule has 0 saturated carbocycles. The Bertz CT molecular complexity index is 574. The molecule has 1 aliphatic carbocycles. The highest BCUT2D eigenvalue weighted by Gasteiger charge is 2.25. The van der Waals surface area contributed by atoms with Gasteiger partial charge in [0, 0.05) is 12.6 Å². The first-order chi connectivity index (χ1) is 9.74. The summed E-state index contributed by atoms with van der Waals surface area (Å²) >= 11 is 0. The predicted octanol–water partition coefficient (Wildman–Crippen LogP) is 4.41. The van der Waals surface area contributed by atoms with Crippen molar-refractivity contribution >= 4 is 0 Å². The van der Waals surface area contributed by atoms with Crippen molar-refractivity contribution in [3.63, 3.8) is 0 Å². The van der Waals surface area contributed by atoms with Gasteiger partial charge in [0.1, 0.15) is 0 Å². The molecule has 1 heteroatoms. The molecule has 0 radical (unpaired) electrons. The van der Waals surface area contributed by atoms with E-state index < -0.39 is 0 Å². The number of fused-ring (bicyclic) bond motifs is 1. The first kappa shape index (κ1) is 13.4. The van der Waals surface area contributed by atoms with Gasteiger partial charge in [-0.05, 0) is 42.4 Å². The number of hydrogen-bond acceptors (Lipinski definition) is 1. The number of rotatable bonds is 3. The lowest BCUT2D eigenvalue weighted by Gasteiger charge is -2.32. The molecule has 0 bridgehead atoms. The van der Waals surface area contributed by atoms with Crippen LogP contribution in [0.15, 0.2) is 48.5 Å². The van der Waals surface area contributed by atoms with Gasteiger partial charge in [0.25, 0.3) is 0 Å². The molecular weight excluding hydrogens is 242 g/mol. The molecule has 104 valence electrons. The molecule has 1 aliphatic rings. The van der Waals surface area contributed by atoms with Crippen molar-refractivity contribution in [1.82, 2.24) is 5.32 Å². The Morgan fingerprint density at radius 1 is 1.10 bits per heavy atom. The maximum atomic E-state index is 3.76. The molecule has 1 nitrogen and oxygen atoms in total. The van der Waals surface area contributed by atoms with Crippen LogP contribution >= 0.6 is 0 Å². The van der Waals surface area contributed by atoms with Crippen LogP contribution in [0.4, 0.5) is 0 Å². The van der Waals surface area contributed by atoms with Crippen molar-refractivity contribution in [2.24, 2.45) is 5.92 Å². The Kier molecular flexibility index (Phi) is 3.88. The van der Waals surface area contributed by atoms with E-state index in [-0.39, 0.29) is 0 Å². The molecule has 0 unspecified atom stereocenters. The summed E-state index contributed by atoms with van der Waals surface area (Å²) < 4.78 is 0. The van der Waals surface area contributed by atoms with Gasteiger partial charge < -0.3 is 5.32 Å². The highest BCUT2D eigenvalue weighted by molar-refractivity contribution is 5.36. The van der Waals surface area contributed by atoms with Crippen molar-refractivity contribution in [3.8, 4) is 0 Å². The van der Waals surface area contributed by atoms with E-state index in [2.05, 4.69) is 67.7 Å². The lowest BCUT2D eigenvalue weighted by atomic mass is 9.80. The zero-order valence-corrected chi connectivity index (χ0v) is 12.4. The molecule has 2 aromatic rings. The van der Waals surface area contributed by atoms with E-state index in [1.165, 1.54) is 35.1 Å². The van der Waals surface area contributed by atoms with Crippen LogP contribution < -0.4 is 5.32 Å². The molecule has 0 spiro atoms. The maximum absolute atomic E-state index is 3.76. The monoisotopic (exact) mass is 265 g/mol. The predicted molar refractivity (Wildman–Crippen MR) is 84.7 cm³/mol. The third kappa shape index (κ3) is 2.78. The first-order valence-corrected chi connectivity index (χ1v) is 7.61. The maximum Gasteiger partial charge on any atom is 0.0351 e. The Morgan fingerprint density at radius 3 is 2.70 bits per heavy atom. The van der Waals surface area contributed by atoms with Crippen molar-refractivity contribution in [1.29, 1.82) is 0 Å². The fraction of sp³-hybridized carbons (Fsp3) is 0.368. The molecule has 2 aromatic carbocycles. The number of nitrogens with one attached hydrogen (secondary N) is 1. The second-order valence-electron chi connectivity index (χ2n) is 6.06. The van der Waals surface area contributed by atoms with Crippen molar-refractivity contribution in [2.75, 3.05) is 0 Å². The largest absolute Gasteiger partial charge is 0.306 e. The molecule has 20 heavy (non-hydrogen) atoms. The van der Waals surface area contributed by atoms with Crippen LogP contribution in [0.2, 0.25) is 0 Å². The third-order valence-corrected chi connectivity index (χ3v) is 4.44. The van der Waals surface area contributed by atoms with Crippen LogP contribution in [0.3, 0.4) is 0 Å². The Balaban J connectivity index is 1.79. The molecule has 0 amide bonds. The highest BCUT2D eigenvalue weighted by atomic mass is 14.9. The Morgan fingerprint density at radius 2 is 1.90 bits per heavy atom. The van der Waals surface area contributed by atoms with Crippen molar-refractivity contribution < 1.29 is 0 Å². The minimum absolute atomic E-state index is 0.486. The molecule has 1 N–H and O–H groups in total. The molecule has 2 atom stereocenters. The van der Waals surface area contributed by atoms with E-state index in [0.29, 0.717) is 12.0 Å². The molecule has 3 rings (SSSR count). The zero-order valence-electron chi connectivity index (χ0n) is 12.4. The first-order valence-electron chi connectivity index (χ1n) is 7.61. The third-order valence-electron chi connectivity index (χ3n) is 4.44. The van der Waals surface area contributed by atoms with Gasteiger partial charge in [0.2, 0.25) is 0 Å². The summed E-state index contributed by atoms with van der Waals surface area (Å²) in [5, 5.41) is 3.76. The topological polar surface area (TPSA) is 12.0 Å². The lowest BCUT2D eigenvalue weighted by molar-refractivity contribution is 0.343. The van der Waals surface area contributed by atoms with Crippen LogP contribution in [0.25, 0.3) is 0 Å². The summed E-state index contributed by atoms with van der Waals surface area (Å²) in [4.78, 5) is 0. The summed E-state index contributed by atoms with van der Waals surface area (Å²) in [5.74, 6) is 0.703. The van der Waals surface area contributed by atoms with E-state index in [0.717, 1.165) is 6.54 Å². The van der Waals surface area contributed by atoms with Gasteiger partial charge in [0.15, 0.2) is 0 Å². The minimum Gasteiger partial charge on any atom is -0.306 e. The fourth-order valence-electron chi connectivity index (χ4n) is 3.25. The number of hydrogen-bond donors (Lipinski definition) is 1. The molecule has 0 heterocycles. The summed E-state index contributed by atoms with van der Waals surface area (Å²) in [6.07, 6.45) is 2.50. The van der Waals surface area contributed by atoms with E-state index in [9.17, 15) is 0 Å². The van der Waals surface area contributed by atoms with E-state index in [1.807, 2.05) is 0 Å². The van der Waals surface area contributed by atoms with Gasteiger partial charge in [-0.2, -0.15) is 0 Å². The van der Waals surface area contributed by atoms with Gasteiger partial charge in [-0.25, -0.2) is 0 Å². The summed E-state index contributed by atoms with van der Waals surface area (Å²) in [6.45, 7) is 5.50. The number of aryl methyl sites for hydroxylation is 2. The van der Waals surface area contributed by atoms with Crippen molar-refractivity contribution in [2.45, 2.75) is 39.3 Å². The summed E-state index contributed by atoms with van der Waals surface area (Å²) in [7, 11) is 0. The molecule has 0 fully saturated rings. The van der Waals surface area contributed by atoms with Crippen LogP contribution in [0.5, 0.6) is 0 Å². The lowest BCUT2D eigenvalue weighted by Crippen LogP contribution is -2.30. The molecule has 0 aromatic heterocycles. The van der Waals surface area contributed by atoms with Gasteiger partial charge in [-0.3, -0.25) is 0 Å². The normalized spacial score (nSPS) is 21.5. The SMILES string of the molecule is Cc1ccc2c(c1)CC[C@@H](C)[C@H]2NCc1ccccc1. The van der Waals surface area contributed by atoms with E-state index in [1.54, 1.807) is 0 Å². The van der Waals surface area contributed by atoms with Crippen LogP contribution in [-0.4, -0.2) is 0 Å². The highest BCUT2D eigenvalue weighted by Crippen LogP contribution is 2.34. The van der Waals surface area contributed by atoms with E-state index >= 15 is 0 Å². The van der Waals surface area contributed by atoms with Crippen LogP contribution in [0.1, 0.15) is 41.6 Å². The van der Waals surface area contributed by atoms with Gasteiger partial charge in [0.05, 0.1) is 0 Å². The zero-order chi connectivity index (χ0) is 13.9. The second-order valence-corrected chi connectivity index (χ2v) is 6.06. The van der Waals surface area contributed by atoms with Crippen LogP contribution in [-0.2, 0) is 13.0 Å². The minimum atomic E-state index is 0.486. The smallest absolute Gasteiger partial charge is 0.0351 e. The van der Waals surface area contributed by atoms with E-state index in [4.69, 9.17) is 0 Å². The fourth-order valence-corrected chi connectivity index (χ4v) is 3.25. The second kappa shape index (κ2) is 5.80. The molecule has 0 saturated heterocycles. The van der Waals surface area contributed by atoms with Gasteiger partial charge in [-0.15, -0.1) is 0 Å². The number of benzene rings is 2.